The van der Waals surface area contributed by atoms with Crippen molar-refractivity contribution in [3.8, 4) is 0 Å². The van der Waals surface area contributed by atoms with E-state index >= 15 is 0 Å². The van der Waals surface area contributed by atoms with E-state index < -0.39 is 25.4 Å². The van der Waals surface area contributed by atoms with Gasteiger partial charge < -0.3 is 4.90 Å². The molecule has 0 radical (unpaired) electrons. The molecular weight excluding hydrogens is 364 g/mol. The van der Waals surface area contributed by atoms with E-state index in [4.69, 9.17) is 0 Å². The smallest absolute Gasteiger partial charge is 0.241 e. The van der Waals surface area contributed by atoms with Crippen LogP contribution in [0.15, 0.2) is 23.1 Å². The van der Waals surface area contributed by atoms with Crippen LogP contribution in [0.1, 0.15) is 32.3 Å². The summed E-state index contributed by atoms with van der Waals surface area (Å²) in [4.78, 5) is 13.5. The van der Waals surface area contributed by atoms with Crippen LogP contribution in [-0.4, -0.2) is 46.3 Å². The number of fused-ring (bicyclic) bond motifs is 1. The molecule has 9 heteroatoms. The molecule has 2 aliphatic heterocycles. The number of nitrogens with one attached hydrogen (secondary N) is 1. The Morgan fingerprint density at radius 3 is 2.64 bits per heavy atom. The fourth-order valence-corrected chi connectivity index (χ4v) is 7.21. The second kappa shape index (κ2) is 6.07. The van der Waals surface area contributed by atoms with Gasteiger partial charge in [-0.05, 0) is 49.9 Å². The molecule has 2 aliphatic rings. The highest BCUT2D eigenvalue weighted by molar-refractivity contribution is 7.92. The molecule has 1 saturated heterocycles. The number of hydrogen-bond donors (Lipinski definition) is 1. The number of carbonyl (C=O) groups is 1. The minimum atomic E-state index is -3.84. The van der Waals surface area contributed by atoms with Crippen molar-refractivity contribution in [2.24, 2.45) is 0 Å². The summed E-state index contributed by atoms with van der Waals surface area (Å²) in [6.07, 6.45) is 1.74. The zero-order valence-corrected chi connectivity index (χ0v) is 15.9. The van der Waals surface area contributed by atoms with Gasteiger partial charge in [-0.1, -0.05) is 0 Å². The number of aryl methyl sites for hydroxylation is 1. The zero-order chi connectivity index (χ0) is 18.5. The van der Waals surface area contributed by atoms with Gasteiger partial charge in [0.2, 0.25) is 15.9 Å². The molecule has 0 bridgehead atoms. The van der Waals surface area contributed by atoms with E-state index in [0.717, 1.165) is 17.7 Å². The predicted octanol–water partition coefficient (Wildman–Crippen LogP) is 0.841. The number of hydrogen-bond acceptors (Lipinski definition) is 5. The van der Waals surface area contributed by atoms with Crippen LogP contribution in [0, 0.1) is 0 Å². The van der Waals surface area contributed by atoms with Crippen LogP contribution in [0.4, 0.5) is 5.69 Å². The Morgan fingerprint density at radius 1 is 1.32 bits per heavy atom. The summed E-state index contributed by atoms with van der Waals surface area (Å²) < 4.78 is 51.4. The SMILES string of the molecule is CC(=O)N1CCCc2cc(S(=O)(=O)NC3(C)CCS(=O)(=O)C3)ccc21. The standard InChI is InChI=1S/C16H22N2O5S2/c1-12(19)18-8-3-4-13-10-14(5-6-15(13)18)25(22,23)17-16(2)7-9-24(20,21)11-16/h5-6,10,17H,3-4,7-9,11H2,1-2H3. The fourth-order valence-electron chi connectivity index (χ4n) is 3.54. The minimum Gasteiger partial charge on any atom is -0.312 e. The molecule has 2 heterocycles. The van der Waals surface area contributed by atoms with Crippen molar-refractivity contribution in [2.45, 2.75) is 43.5 Å². The quantitative estimate of drug-likeness (QED) is 0.830. The molecule has 1 amide bonds. The molecule has 1 aromatic rings. The fraction of sp³-hybridized carbons (Fsp3) is 0.562. The molecular formula is C16H22N2O5S2. The Kier molecular flexibility index (Phi) is 4.45. The second-order valence-corrected chi connectivity index (χ2v) is 10.9. The van der Waals surface area contributed by atoms with E-state index in [9.17, 15) is 21.6 Å². The zero-order valence-electron chi connectivity index (χ0n) is 14.3. The largest absolute Gasteiger partial charge is 0.312 e. The van der Waals surface area contributed by atoms with Gasteiger partial charge in [0.25, 0.3) is 0 Å². The molecule has 3 rings (SSSR count). The summed E-state index contributed by atoms with van der Waals surface area (Å²) in [7, 11) is -7.05. The van der Waals surface area contributed by atoms with Crippen LogP contribution >= 0.6 is 0 Å². The van der Waals surface area contributed by atoms with E-state index in [1.807, 2.05) is 0 Å². The number of carbonyl (C=O) groups excluding carboxylic acids is 1. The molecule has 0 aliphatic carbocycles. The molecule has 1 fully saturated rings. The first-order chi connectivity index (χ1) is 11.5. The van der Waals surface area contributed by atoms with Gasteiger partial charge in [-0.2, -0.15) is 0 Å². The van der Waals surface area contributed by atoms with Crippen molar-refractivity contribution in [3.05, 3.63) is 23.8 Å². The van der Waals surface area contributed by atoms with Crippen LogP contribution in [-0.2, 0) is 31.1 Å². The van der Waals surface area contributed by atoms with Gasteiger partial charge in [0, 0.05) is 24.7 Å². The highest BCUT2D eigenvalue weighted by Crippen LogP contribution is 2.31. The molecule has 1 atom stereocenters. The lowest BCUT2D eigenvalue weighted by atomic mass is 10.0. The number of amides is 1. The van der Waals surface area contributed by atoms with E-state index in [2.05, 4.69) is 4.72 Å². The molecule has 0 aromatic heterocycles. The number of nitrogens with zero attached hydrogens (tertiary/aromatic N) is 1. The van der Waals surface area contributed by atoms with Crippen molar-refractivity contribution >= 4 is 31.5 Å². The maximum Gasteiger partial charge on any atom is 0.241 e. The average Bonchev–Trinajstić information content (AvgIpc) is 2.78. The summed E-state index contributed by atoms with van der Waals surface area (Å²) in [6, 6.07) is 4.70. The molecule has 1 N–H and O–H groups in total. The lowest BCUT2D eigenvalue weighted by Gasteiger charge is -2.29. The van der Waals surface area contributed by atoms with Gasteiger partial charge in [0.1, 0.15) is 0 Å². The number of sulfonamides is 1. The molecule has 1 unspecified atom stereocenters. The third kappa shape index (κ3) is 3.73. The maximum atomic E-state index is 12.7. The van der Waals surface area contributed by atoms with E-state index in [-0.39, 0.29) is 28.7 Å². The van der Waals surface area contributed by atoms with Gasteiger partial charge in [0.15, 0.2) is 9.84 Å². The number of anilines is 1. The third-order valence-corrected chi connectivity index (χ3v) is 8.28. The topological polar surface area (TPSA) is 101 Å². The van der Waals surface area contributed by atoms with Gasteiger partial charge in [-0.25, -0.2) is 21.6 Å². The second-order valence-electron chi connectivity index (χ2n) is 7.07. The first-order valence-electron chi connectivity index (χ1n) is 8.17. The van der Waals surface area contributed by atoms with Gasteiger partial charge in [0.05, 0.1) is 16.4 Å². The molecule has 1 aromatic carbocycles. The van der Waals surface area contributed by atoms with Crippen LogP contribution in [0.5, 0.6) is 0 Å². The van der Waals surface area contributed by atoms with Crippen molar-refractivity contribution in [2.75, 3.05) is 23.0 Å². The van der Waals surface area contributed by atoms with Crippen molar-refractivity contribution in [1.29, 1.82) is 0 Å². The monoisotopic (exact) mass is 386 g/mol. The van der Waals surface area contributed by atoms with Crippen molar-refractivity contribution < 1.29 is 21.6 Å². The van der Waals surface area contributed by atoms with Crippen LogP contribution in [0.3, 0.4) is 0 Å². The van der Waals surface area contributed by atoms with Crippen LogP contribution < -0.4 is 9.62 Å². The lowest BCUT2D eigenvalue weighted by Crippen LogP contribution is -2.46. The van der Waals surface area contributed by atoms with Gasteiger partial charge in [-0.3, -0.25) is 4.79 Å². The number of sulfone groups is 1. The Balaban J connectivity index is 1.90. The first kappa shape index (κ1) is 18.3. The molecule has 0 saturated carbocycles. The molecule has 25 heavy (non-hydrogen) atoms. The summed E-state index contributed by atoms with van der Waals surface area (Å²) in [5.41, 5.74) is 0.569. The Labute approximate surface area is 148 Å². The molecule has 0 spiro atoms. The highest BCUT2D eigenvalue weighted by atomic mass is 32.2. The van der Waals surface area contributed by atoms with Crippen molar-refractivity contribution in [1.82, 2.24) is 4.72 Å². The Hall–Kier alpha value is -1.45. The summed E-state index contributed by atoms with van der Waals surface area (Å²) in [5.74, 6) is -0.273. The predicted molar refractivity (Wildman–Crippen MR) is 94.8 cm³/mol. The van der Waals surface area contributed by atoms with Gasteiger partial charge in [-0.15, -0.1) is 0 Å². The maximum absolute atomic E-state index is 12.7. The normalized spacial score (nSPS) is 25.6. The lowest BCUT2D eigenvalue weighted by molar-refractivity contribution is -0.116. The summed E-state index contributed by atoms with van der Waals surface area (Å²) in [5, 5.41) is 0. The third-order valence-electron chi connectivity index (χ3n) is 4.74. The Bertz CT molecular complexity index is 924. The van der Waals surface area contributed by atoms with Crippen molar-refractivity contribution in [3.63, 3.8) is 0 Å². The number of rotatable bonds is 3. The van der Waals surface area contributed by atoms with E-state index in [1.165, 1.54) is 13.0 Å². The van der Waals surface area contributed by atoms with E-state index in [1.54, 1.807) is 24.0 Å². The first-order valence-corrected chi connectivity index (χ1v) is 11.5. The Morgan fingerprint density at radius 2 is 2.04 bits per heavy atom. The van der Waals surface area contributed by atoms with Gasteiger partial charge >= 0.3 is 0 Å². The van der Waals surface area contributed by atoms with Crippen LogP contribution in [0.25, 0.3) is 0 Å². The molecule has 138 valence electrons. The van der Waals surface area contributed by atoms with E-state index in [0.29, 0.717) is 13.0 Å². The minimum absolute atomic E-state index is 0.0101. The van der Waals surface area contributed by atoms with Crippen LogP contribution in [0.2, 0.25) is 0 Å². The molecule has 7 nitrogen and oxygen atoms in total. The summed E-state index contributed by atoms with van der Waals surface area (Å²) >= 11 is 0. The highest BCUT2D eigenvalue weighted by Gasteiger charge is 2.41. The average molecular weight is 386 g/mol. The summed E-state index contributed by atoms with van der Waals surface area (Å²) in [6.45, 7) is 3.73. The number of benzene rings is 1.